The van der Waals surface area contributed by atoms with Gasteiger partial charge in [0.15, 0.2) is 0 Å². The quantitative estimate of drug-likeness (QED) is 0.320. The summed E-state index contributed by atoms with van der Waals surface area (Å²) in [6.45, 7) is 2.30. The molecule has 25 heavy (non-hydrogen) atoms. The standard InChI is InChI=1S/C13H20N2O4S.C2H3ClO.ClH/c1-10-5-7-11(8-6-10)20(18,19)15-12(13(16)17)4-2-3-9-14;3-1-2-4;/h5-8,12,15H,2-4,9,14H2,1H3,(H,16,17);2H,1H2;1H. The summed E-state index contributed by atoms with van der Waals surface area (Å²) in [4.78, 5) is 20.2. The third-order valence-electron chi connectivity index (χ3n) is 2.94. The van der Waals surface area contributed by atoms with Gasteiger partial charge in [-0.15, -0.1) is 24.0 Å². The lowest BCUT2D eigenvalue weighted by molar-refractivity contribution is -0.139. The number of alkyl halides is 1. The van der Waals surface area contributed by atoms with E-state index in [0.29, 0.717) is 25.7 Å². The van der Waals surface area contributed by atoms with Gasteiger partial charge in [-0.3, -0.25) is 4.79 Å². The Balaban J connectivity index is 0. The predicted molar refractivity (Wildman–Crippen MR) is 99.9 cm³/mol. The summed E-state index contributed by atoms with van der Waals surface area (Å²) in [6, 6.07) is 5.11. The molecule has 1 aromatic carbocycles. The van der Waals surface area contributed by atoms with E-state index in [1.165, 1.54) is 12.1 Å². The average molecular weight is 415 g/mol. The molecule has 0 saturated carbocycles. The number of aliphatic carboxylic acids is 1. The van der Waals surface area contributed by atoms with Crippen molar-refractivity contribution >= 4 is 46.3 Å². The van der Waals surface area contributed by atoms with Crippen molar-refractivity contribution in [2.45, 2.75) is 37.1 Å². The summed E-state index contributed by atoms with van der Waals surface area (Å²) in [6.07, 6.45) is 2.08. The number of sulfonamides is 1. The van der Waals surface area contributed by atoms with E-state index in [2.05, 4.69) is 4.72 Å². The molecule has 0 aliphatic carbocycles. The van der Waals surface area contributed by atoms with Crippen LogP contribution in [0.4, 0.5) is 0 Å². The summed E-state index contributed by atoms with van der Waals surface area (Å²) < 4.78 is 26.4. The lowest BCUT2D eigenvalue weighted by Crippen LogP contribution is -2.40. The highest BCUT2D eigenvalue weighted by molar-refractivity contribution is 7.89. The molecule has 0 radical (unpaired) electrons. The fourth-order valence-corrected chi connectivity index (χ4v) is 2.92. The molecule has 144 valence electrons. The van der Waals surface area contributed by atoms with Crippen molar-refractivity contribution < 1.29 is 23.1 Å². The van der Waals surface area contributed by atoms with Gasteiger partial charge in [0.05, 0.1) is 10.8 Å². The van der Waals surface area contributed by atoms with Gasteiger partial charge in [-0.1, -0.05) is 24.1 Å². The number of rotatable bonds is 9. The minimum Gasteiger partial charge on any atom is -0.480 e. The second-order valence-electron chi connectivity index (χ2n) is 4.93. The van der Waals surface area contributed by atoms with Gasteiger partial charge in [0.2, 0.25) is 10.0 Å². The number of hydrogen-bond acceptors (Lipinski definition) is 5. The molecule has 0 spiro atoms. The third kappa shape index (κ3) is 11.1. The van der Waals surface area contributed by atoms with Gasteiger partial charge in [-0.25, -0.2) is 8.42 Å². The number of unbranched alkanes of at least 4 members (excludes halogenated alkanes) is 1. The van der Waals surface area contributed by atoms with E-state index in [-0.39, 0.29) is 29.6 Å². The van der Waals surface area contributed by atoms with Gasteiger partial charge in [0.1, 0.15) is 12.3 Å². The summed E-state index contributed by atoms with van der Waals surface area (Å²) in [7, 11) is -3.82. The highest BCUT2D eigenvalue weighted by Gasteiger charge is 2.24. The molecule has 0 bridgehead atoms. The Kier molecular flexibility index (Phi) is 14.6. The Bertz CT molecular complexity index is 609. The van der Waals surface area contributed by atoms with Gasteiger partial charge >= 0.3 is 5.97 Å². The molecule has 0 aromatic heterocycles. The van der Waals surface area contributed by atoms with E-state index in [0.717, 1.165) is 5.56 Å². The van der Waals surface area contributed by atoms with Gasteiger partial charge in [0.25, 0.3) is 0 Å². The zero-order valence-corrected chi connectivity index (χ0v) is 16.2. The van der Waals surface area contributed by atoms with Crippen LogP contribution in [-0.2, 0) is 19.6 Å². The van der Waals surface area contributed by atoms with E-state index in [4.69, 9.17) is 27.2 Å². The van der Waals surface area contributed by atoms with Crippen molar-refractivity contribution in [3.63, 3.8) is 0 Å². The largest absolute Gasteiger partial charge is 0.480 e. The van der Waals surface area contributed by atoms with E-state index < -0.39 is 22.0 Å². The van der Waals surface area contributed by atoms with Crippen molar-refractivity contribution in [3.05, 3.63) is 29.8 Å². The topological polar surface area (TPSA) is 127 Å². The summed E-state index contributed by atoms with van der Waals surface area (Å²) in [5.41, 5.74) is 6.27. The van der Waals surface area contributed by atoms with Crippen LogP contribution in [0.15, 0.2) is 29.2 Å². The molecule has 4 N–H and O–H groups in total. The second kappa shape index (κ2) is 14.0. The first-order valence-corrected chi connectivity index (χ1v) is 9.31. The van der Waals surface area contributed by atoms with Crippen molar-refractivity contribution in [3.8, 4) is 0 Å². The van der Waals surface area contributed by atoms with Crippen LogP contribution in [0.2, 0.25) is 0 Å². The Morgan fingerprint density at radius 2 is 1.84 bits per heavy atom. The fraction of sp³-hybridized carbons (Fsp3) is 0.467. The maximum Gasteiger partial charge on any atom is 0.321 e. The summed E-state index contributed by atoms with van der Waals surface area (Å²) >= 11 is 4.82. The molecule has 1 aromatic rings. The average Bonchev–Trinajstić information content (AvgIpc) is 2.54. The van der Waals surface area contributed by atoms with Gasteiger partial charge in [0, 0.05) is 0 Å². The van der Waals surface area contributed by atoms with Gasteiger partial charge in [-0.05, 0) is 38.4 Å². The van der Waals surface area contributed by atoms with Crippen molar-refractivity contribution in [2.75, 3.05) is 12.4 Å². The Labute approximate surface area is 159 Å². The number of carbonyl (C=O) groups excluding carboxylic acids is 1. The smallest absolute Gasteiger partial charge is 0.321 e. The number of hydrogen-bond donors (Lipinski definition) is 3. The molecule has 10 heteroatoms. The SMILES string of the molecule is Cc1ccc(S(=O)(=O)NC(CCCCN)C(=O)O)cc1.Cl.O=CCCl. The number of halogens is 2. The van der Waals surface area contributed by atoms with E-state index in [9.17, 15) is 13.2 Å². The molecule has 0 fully saturated rings. The Morgan fingerprint density at radius 3 is 2.24 bits per heavy atom. The molecule has 7 nitrogen and oxygen atoms in total. The monoisotopic (exact) mass is 414 g/mol. The minimum atomic E-state index is -3.82. The molecule has 0 amide bonds. The first-order chi connectivity index (χ1) is 11.3. The number of nitrogens with two attached hydrogens (primary N) is 1. The molecule has 0 aliphatic rings. The molecule has 0 heterocycles. The van der Waals surface area contributed by atoms with Crippen LogP contribution in [0.3, 0.4) is 0 Å². The number of aldehydes is 1. The van der Waals surface area contributed by atoms with Gasteiger partial charge in [-0.2, -0.15) is 4.72 Å². The second-order valence-corrected chi connectivity index (χ2v) is 6.95. The Hall–Kier alpha value is -1.19. The third-order valence-corrected chi connectivity index (χ3v) is 4.55. The first-order valence-electron chi connectivity index (χ1n) is 7.30. The minimum absolute atomic E-state index is 0. The molecule has 0 aliphatic heterocycles. The van der Waals surface area contributed by atoms with E-state index >= 15 is 0 Å². The van der Waals surface area contributed by atoms with Crippen molar-refractivity contribution in [2.24, 2.45) is 5.73 Å². The molecule has 1 atom stereocenters. The van der Waals surface area contributed by atoms with E-state index in [1.54, 1.807) is 12.1 Å². The zero-order chi connectivity index (χ0) is 18.6. The van der Waals surface area contributed by atoms with Gasteiger partial charge < -0.3 is 15.6 Å². The van der Waals surface area contributed by atoms with Crippen LogP contribution in [0.1, 0.15) is 24.8 Å². The maximum absolute atomic E-state index is 12.1. The predicted octanol–water partition coefficient (Wildman–Crippen LogP) is 1.70. The highest BCUT2D eigenvalue weighted by Crippen LogP contribution is 2.12. The number of carboxylic acid groups (broad SMARTS) is 1. The van der Waals surface area contributed by atoms with Crippen LogP contribution in [0, 0.1) is 6.92 Å². The zero-order valence-electron chi connectivity index (χ0n) is 13.9. The molecular weight excluding hydrogens is 391 g/mol. The number of benzene rings is 1. The van der Waals surface area contributed by atoms with Crippen LogP contribution < -0.4 is 10.5 Å². The Morgan fingerprint density at radius 1 is 1.32 bits per heavy atom. The molecular formula is C15H24Cl2N2O5S. The van der Waals surface area contributed by atoms with Crippen molar-refractivity contribution in [1.29, 1.82) is 0 Å². The number of aryl methyl sites for hydroxylation is 1. The molecule has 0 saturated heterocycles. The normalized spacial score (nSPS) is 11.5. The van der Waals surface area contributed by atoms with Crippen LogP contribution in [-0.4, -0.2) is 44.2 Å². The molecule has 1 unspecified atom stereocenters. The summed E-state index contributed by atoms with van der Waals surface area (Å²) in [5, 5.41) is 9.07. The number of nitrogens with one attached hydrogen (secondary N) is 1. The van der Waals surface area contributed by atoms with Crippen molar-refractivity contribution in [1.82, 2.24) is 4.72 Å². The van der Waals surface area contributed by atoms with Crippen LogP contribution in [0.25, 0.3) is 0 Å². The number of carboxylic acids is 1. The fourth-order valence-electron chi connectivity index (χ4n) is 1.70. The van der Waals surface area contributed by atoms with Crippen LogP contribution in [0.5, 0.6) is 0 Å². The lowest BCUT2D eigenvalue weighted by atomic mass is 10.1. The highest BCUT2D eigenvalue weighted by atomic mass is 35.5. The molecule has 1 rings (SSSR count). The van der Waals surface area contributed by atoms with E-state index in [1.807, 2.05) is 6.92 Å². The van der Waals surface area contributed by atoms with Crippen LogP contribution >= 0.6 is 24.0 Å². The first kappa shape index (κ1) is 26.0. The number of carbonyl (C=O) groups is 2. The maximum atomic E-state index is 12.1. The lowest BCUT2D eigenvalue weighted by Gasteiger charge is -2.14. The summed E-state index contributed by atoms with van der Waals surface area (Å²) in [5.74, 6) is -1.07.